The van der Waals surface area contributed by atoms with Crippen LogP contribution >= 0.6 is 11.8 Å². The number of piperazine rings is 1. The molecule has 0 bridgehead atoms. The van der Waals surface area contributed by atoms with Gasteiger partial charge in [-0.2, -0.15) is 0 Å². The van der Waals surface area contributed by atoms with Gasteiger partial charge in [0, 0.05) is 36.0 Å². The van der Waals surface area contributed by atoms with Crippen molar-refractivity contribution in [1.29, 1.82) is 0 Å². The molecule has 0 saturated carbocycles. The molecule has 1 N–H and O–H groups in total. The summed E-state index contributed by atoms with van der Waals surface area (Å²) in [4.78, 5) is 19.2. The second-order valence-corrected chi connectivity index (χ2v) is 6.48. The van der Waals surface area contributed by atoms with E-state index >= 15 is 0 Å². The first kappa shape index (κ1) is 13.7. The van der Waals surface area contributed by atoms with Crippen molar-refractivity contribution in [2.24, 2.45) is 0 Å². The summed E-state index contributed by atoms with van der Waals surface area (Å²) in [5.74, 6) is 0. The zero-order valence-corrected chi connectivity index (χ0v) is 13.0. The highest BCUT2D eigenvalue weighted by atomic mass is 32.2. The third-order valence-corrected chi connectivity index (χ3v) is 5.14. The molecule has 22 heavy (non-hydrogen) atoms. The minimum absolute atomic E-state index is 0.0710. The second kappa shape index (κ2) is 5.66. The number of carbonyl (C=O) groups excluding carboxylic acids is 1. The lowest BCUT2D eigenvalue weighted by Gasteiger charge is -2.36. The summed E-state index contributed by atoms with van der Waals surface area (Å²) in [5, 5.41) is 3.29. The Morgan fingerprint density at radius 2 is 1.45 bits per heavy atom. The van der Waals surface area contributed by atoms with E-state index in [9.17, 15) is 4.79 Å². The number of hydrogen-bond donors (Lipinski definition) is 1. The molecule has 2 heterocycles. The Morgan fingerprint density at radius 1 is 0.909 bits per heavy atom. The van der Waals surface area contributed by atoms with Crippen LogP contribution in [0.4, 0.5) is 16.2 Å². The van der Waals surface area contributed by atoms with Crippen LogP contribution in [0.2, 0.25) is 0 Å². The largest absolute Gasteiger partial charge is 0.329 e. The number of nitrogens with zero attached hydrogens (tertiary/aromatic N) is 2. The topological polar surface area (TPSA) is 35.6 Å². The van der Waals surface area contributed by atoms with E-state index in [2.05, 4.69) is 17.4 Å². The second-order valence-electron chi connectivity index (χ2n) is 5.39. The molecule has 5 heteroatoms. The van der Waals surface area contributed by atoms with Crippen molar-refractivity contribution < 1.29 is 4.79 Å². The fourth-order valence-corrected chi connectivity index (χ4v) is 3.97. The van der Waals surface area contributed by atoms with Crippen molar-refractivity contribution in [3.8, 4) is 0 Å². The molecule has 4 nitrogen and oxygen atoms in total. The molecule has 2 aliphatic rings. The first-order chi connectivity index (χ1) is 10.8. The Kier molecular flexibility index (Phi) is 3.52. The molecule has 1 saturated heterocycles. The summed E-state index contributed by atoms with van der Waals surface area (Å²) in [6.45, 7) is 3.23. The maximum Gasteiger partial charge on any atom is 0.329 e. The maximum atomic E-state index is 13.1. The summed E-state index contributed by atoms with van der Waals surface area (Å²) >= 11 is 1.73. The maximum absolute atomic E-state index is 13.1. The van der Waals surface area contributed by atoms with E-state index < -0.39 is 0 Å². The number of hydrogen-bond acceptors (Lipinski definition) is 3. The third-order valence-electron chi connectivity index (χ3n) is 4.01. The van der Waals surface area contributed by atoms with Crippen LogP contribution < -0.4 is 10.2 Å². The predicted molar refractivity (Wildman–Crippen MR) is 89.0 cm³/mol. The molecule has 0 atom stereocenters. The van der Waals surface area contributed by atoms with Crippen molar-refractivity contribution >= 4 is 29.2 Å². The van der Waals surface area contributed by atoms with Crippen LogP contribution in [0, 0.1) is 0 Å². The molecular weight excluding hydrogens is 294 g/mol. The van der Waals surface area contributed by atoms with Gasteiger partial charge >= 0.3 is 6.03 Å². The number of carbonyl (C=O) groups is 1. The van der Waals surface area contributed by atoms with Crippen LogP contribution in [0.25, 0.3) is 0 Å². The van der Waals surface area contributed by atoms with E-state index in [4.69, 9.17) is 0 Å². The highest BCUT2D eigenvalue weighted by Gasteiger charge is 2.31. The SMILES string of the molecule is O=C(N1CCNCC1)N1c2ccccc2Sc2ccccc21. The van der Waals surface area contributed by atoms with E-state index in [0.29, 0.717) is 0 Å². The number of fused-ring (bicyclic) bond motifs is 2. The van der Waals surface area contributed by atoms with Gasteiger partial charge in [0.05, 0.1) is 11.4 Å². The van der Waals surface area contributed by atoms with Gasteiger partial charge in [-0.1, -0.05) is 36.0 Å². The van der Waals surface area contributed by atoms with Crippen molar-refractivity contribution in [3.63, 3.8) is 0 Å². The Morgan fingerprint density at radius 3 is 2.05 bits per heavy atom. The third kappa shape index (κ3) is 2.26. The van der Waals surface area contributed by atoms with Gasteiger partial charge in [0.1, 0.15) is 0 Å². The minimum atomic E-state index is 0.0710. The molecule has 2 aromatic rings. The summed E-state index contributed by atoms with van der Waals surface area (Å²) in [6.07, 6.45) is 0. The summed E-state index contributed by atoms with van der Waals surface area (Å²) < 4.78 is 0. The van der Waals surface area contributed by atoms with Crippen LogP contribution in [0.1, 0.15) is 0 Å². The molecule has 112 valence electrons. The Labute approximate surface area is 134 Å². The summed E-state index contributed by atoms with van der Waals surface area (Å²) in [5.41, 5.74) is 1.96. The summed E-state index contributed by atoms with van der Waals surface area (Å²) in [6, 6.07) is 16.3. The molecule has 2 aliphatic heterocycles. The lowest BCUT2D eigenvalue weighted by Crippen LogP contribution is -2.50. The average molecular weight is 311 g/mol. The standard InChI is InChI=1S/C17H17N3OS/c21-17(19-11-9-18-10-12-19)20-13-5-1-3-7-15(13)22-16-8-4-2-6-14(16)20/h1-8,18H,9-12H2. The first-order valence-electron chi connectivity index (χ1n) is 7.50. The van der Waals surface area contributed by atoms with Gasteiger partial charge in [-0.25, -0.2) is 4.79 Å². The molecule has 0 aliphatic carbocycles. The van der Waals surface area contributed by atoms with Gasteiger partial charge in [0.25, 0.3) is 0 Å². The van der Waals surface area contributed by atoms with E-state index in [-0.39, 0.29) is 6.03 Å². The lowest BCUT2D eigenvalue weighted by atomic mass is 10.2. The fourth-order valence-electron chi connectivity index (χ4n) is 2.91. The Bertz CT molecular complexity index is 667. The van der Waals surface area contributed by atoms with Gasteiger partial charge in [-0.15, -0.1) is 0 Å². The zero-order valence-electron chi connectivity index (χ0n) is 12.2. The van der Waals surface area contributed by atoms with Crippen molar-refractivity contribution in [2.75, 3.05) is 31.1 Å². The van der Waals surface area contributed by atoms with Crippen LogP contribution in [0.5, 0.6) is 0 Å². The van der Waals surface area contributed by atoms with Crippen molar-refractivity contribution in [3.05, 3.63) is 48.5 Å². The number of nitrogens with one attached hydrogen (secondary N) is 1. The number of anilines is 2. The van der Waals surface area contributed by atoms with Gasteiger partial charge in [0.15, 0.2) is 0 Å². The molecule has 0 aromatic heterocycles. The van der Waals surface area contributed by atoms with Crippen molar-refractivity contribution in [2.45, 2.75) is 9.79 Å². The van der Waals surface area contributed by atoms with E-state index in [1.807, 2.05) is 46.2 Å². The number of urea groups is 1. The Balaban J connectivity index is 1.78. The number of para-hydroxylation sites is 2. The van der Waals surface area contributed by atoms with Crippen LogP contribution in [-0.4, -0.2) is 37.1 Å². The molecule has 0 spiro atoms. The monoisotopic (exact) mass is 311 g/mol. The normalized spacial score (nSPS) is 16.9. The zero-order chi connectivity index (χ0) is 14.9. The number of amides is 2. The molecule has 1 fully saturated rings. The molecule has 2 amide bonds. The molecule has 0 unspecified atom stereocenters. The smallest absolute Gasteiger partial charge is 0.322 e. The lowest BCUT2D eigenvalue weighted by molar-refractivity contribution is 0.199. The molecule has 4 rings (SSSR count). The van der Waals surface area contributed by atoms with E-state index in [1.165, 1.54) is 0 Å². The molecule has 2 aromatic carbocycles. The highest BCUT2D eigenvalue weighted by molar-refractivity contribution is 7.99. The number of benzene rings is 2. The van der Waals surface area contributed by atoms with Gasteiger partial charge < -0.3 is 10.2 Å². The van der Waals surface area contributed by atoms with E-state index in [0.717, 1.165) is 47.3 Å². The molecular formula is C17H17N3OS. The minimum Gasteiger partial charge on any atom is -0.322 e. The quantitative estimate of drug-likeness (QED) is 0.811. The molecule has 0 radical (unpaired) electrons. The van der Waals surface area contributed by atoms with Crippen LogP contribution in [-0.2, 0) is 0 Å². The summed E-state index contributed by atoms with van der Waals surface area (Å²) in [7, 11) is 0. The van der Waals surface area contributed by atoms with Crippen LogP contribution in [0.3, 0.4) is 0 Å². The van der Waals surface area contributed by atoms with Gasteiger partial charge in [0.2, 0.25) is 0 Å². The van der Waals surface area contributed by atoms with Crippen LogP contribution in [0.15, 0.2) is 58.3 Å². The van der Waals surface area contributed by atoms with E-state index in [1.54, 1.807) is 11.8 Å². The fraction of sp³-hybridized carbons (Fsp3) is 0.235. The van der Waals surface area contributed by atoms with Crippen molar-refractivity contribution in [1.82, 2.24) is 10.2 Å². The first-order valence-corrected chi connectivity index (χ1v) is 8.32. The van der Waals surface area contributed by atoms with Gasteiger partial charge in [-0.05, 0) is 24.3 Å². The number of rotatable bonds is 0. The highest BCUT2D eigenvalue weighted by Crippen LogP contribution is 2.48. The average Bonchev–Trinajstić information content (AvgIpc) is 2.60. The van der Waals surface area contributed by atoms with Gasteiger partial charge in [-0.3, -0.25) is 4.90 Å². The Hall–Kier alpha value is -1.98. The predicted octanol–water partition coefficient (Wildman–Crippen LogP) is 3.31.